The molecule has 0 fully saturated rings. The van der Waals surface area contributed by atoms with Crippen LogP contribution in [0.3, 0.4) is 0 Å². The number of anilines is 3. The number of benzene rings is 2. The van der Waals surface area contributed by atoms with Gasteiger partial charge >= 0.3 is 6.01 Å². The molecule has 0 aliphatic heterocycles. The summed E-state index contributed by atoms with van der Waals surface area (Å²) in [6.45, 7) is 3.45. The van der Waals surface area contributed by atoms with E-state index in [2.05, 4.69) is 25.3 Å². The predicted molar refractivity (Wildman–Crippen MR) is 124 cm³/mol. The van der Waals surface area contributed by atoms with Crippen molar-refractivity contribution in [1.29, 1.82) is 0 Å². The number of ether oxygens (including phenoxy) is 1. The Morgan fingerprint density at radius 3 is 2.38 bits per heavy atom. The first-order valence-corrected chi connectivity index (χ1v) is 10.5. The third-order valence-corrected chi connectivity index (χ3v) is 5.48. The predicted octanol–water partition coefficient (Wildman–Crippen LogP) is 5.75. The number of nitrogens with one attached hydrogen (secondary N) is 1. The average Bonchev–Trinajstić information content (AvgIpc) is 2.83. The number of rotatable bonds is 7. The molecule has 0 unspecified atom stereocenters. The molecule has 1 atom stereocenters. The van der Waals surface area contributed by atoms with Crippen molar-refractivity contribution in [2.24, 2.45) is 0 Å². The quantitative estimate of drug-likeness (QED) is 0.370. The number of alkyl halides is 2. The third kappa shape index (κ3) is 4.57. The third-order valence-electron chi connectivity index (χ3n) is 5.48. The van der Waals surface area contributed by atoms with Crippen LogP contribution < -0.4 is 15.0 Å². The maximum Gasteiger partial charge on any atom is 0.316 e. The molecule has 0 spiro atoms. The lowest BCUT2D eigenvalue weighted by molar-refractivity contribution is 0.146. The first kappa shape index (κ1) is 23.2. The van der Waals surface area contributed by atoms with Gasteiger partial charge in [-0.1, -0.05) is 18.2 Å². The fourth-order valence-corrected chi connectivity index (χ4v) is 3.64. The molecule has 0 amide bonds. The van der Waals surface area contributed by atoms with E-state index >= 15 is 0 Å². The second-order valence-electron chi connectivity index (χ2n) is 7.73. The Kier molecular flexibility index (Phi) is 6.49. The second-order valence-corrected chi connectivity index (χ2v) is 7.73. The Hall–Kier alpha value is -3.95. The molecule has 4 aromatic rings. The van der Waals surface area contributed by atoms with Gasteiger partial charge in [0.25, 0.3) is 6.43 Å². The minimum absolute atomic E-state index is 0.130. The van der Waals surface area contributed by atoms with Crippen LogP contribution in [0.25, 0.3) is 10.9 Å². The van der Waals surface area contributed by atoms with Gasteiger partial charge in [-0.3, -0.25) is 0 Å². The molecule has 2 aromatic heterocycles. The maximum absolute atomic E-state index is 14.7. The monoisotopic (exact) mass is 468 g/mol. The SMILES string of the molecule is COc1ncc(N(C)c2ccc3nc(C)nc(N[C@H](C)c4cccc(C(F)F)c4F)c3c2)cn1. The van der Waals surface area contributed by atoms with Gasteiger partial charge in [0, 0.05) is 23.7 Å². The molecule has 176 valence electrons. The van der Waals surface area contributed by atoms with Crippen LogP contribution in [0.4, 0.5) is 30.4 Å². The van der Waals surface area contributed by atoms with Crippen molar-refractivity contribution < 1.29 is 17.9 Å². The van der Waals surface area contributed by atoms with E-state index in [0.717, 1.165) is 17.4 Å². The minimum atomic E-state index is -2.89. The van der Waals surface area contributed by atoms with E-state index in [0.29, 0.717) is 22.5 Å². The highest BCUT2D eigenvalue weighted by Crippen LogP contribution is 2.32. The Morgan fingerprint density at radius 2 is 1.71 bits per heavy atom. The van der Waals surface area contributed by atoms with Gasteiger partial charge in [0.05, 0.1) is 42.3 Å². The topological polar surface area (TPSA) is 76.1 Å². The molecule has 10 heteroatoms. The first-order valence-electron chi connectivity index (χ1n) is 10.5. The lowest BCUT2D eigenvalue weighted by atomic mass is 10.0. The molecule has 1 N–H and O–H groups in total. The molecular weight excluding hydrogens is 445 g/mol. The molecular formula is C24H23F3N6O. The average molecular weight is 468 g/mol. The largest absolute Gasteiger partial charge is 0.467 e. The molecule has 0 radical (unpaired) electrons. The molecule has 34 heavy (non-hydrogen) atoms. The van der Waals surface area contributed by atoms with Crippen LogP contribution >= 0.6 is 0 Å². The van der Waals surface area contributed by atoms with E-state index in [1.54, 1.807) is 26.2 Å². The van der Waals surface area contributed by atoms with E-state index in [1.807, 2.05) is 30.1 Å². The Bertz CT molecular complexity index is 1320. The summed E-state index contributed by atoms with van der Waals surface area (Å²) in [7, 11) is 3.36. The van der Waals surface area contributed by atoms with Crippen molar-refractivity contribution >= 4 is 28.1 Å². The van der Waals surface area contributed by atoms with Gasteiger partial charge in [0.15, 0.2) is 0 Å². The lowest BCUT2D eigenvalue weighted by Crippen LogP contribution is -2.13. The van der Waals surface area contributed by atoms with Crippen molar-refractivity contribution in [3.05, 3.63) is 71.6 Å². The van der Waals surface area contributed by atoms with Gasteiger partial charge in [-0.15, -0.1) is 0 Å². The van der Waals surface area contributed by atoms with E-state index in [-0.39, 0.29) is 11.6 Å². The molecule has 0 bridgehead atoms. The number of halogens is 3. The number of aryl methyl sites for hydroxylation is 1. The number of fused-ring (bicyclic) bond motifs is 1. The zero-order valence-electron chi connectivity index (χ0n) is 19.1. The molecule has 0 aliphatic carbocycles. The summed E-state index contributed by atoms with van der Waals surface area (Å²) in [4.78, 5) is 19.1. The molecule has 0 saturated heterocycles. The Labute approximate surface area is 194 Å². The fraction of sp³-hybridized carbons (Fsp3) is 0.250. The summed E-state index contributed by atoms with van der Waals surface area (Å²) < 4.78 is 46.0. The highest BCUT2D eigenvalue weighted by molar-refractivity contribution is 5.92. The molecule has 4 rings (SSSR count). The Morgan fingerprint density at radius 1 is 1.00 bits per heavy atom. The number of nitrogens with zero attached hydrogens (tertiary/aromatic N) is 5. The summed E-state index contributed by atoms with van der Waals surface area (Å²) in [6, 6.07) is 9.29. The van der Waals surface area contributed by atoms with Crippen molar-refractivity contribution in [2.45, 2.75) is 26.3 Å². The van der Waals surface area contributed by atoms with Gasteiger partial charge in [-0.05, 0) is 32.0 Å². The summed E-state index contributed by atoms with van der Waals surface area (Å²) in [6.07, 6.45) is 0.387. The lowest BCUT2D eigenvalue weighted by Gasteiger charge is -2.21. The van der Waals surface area contributed by atoms with Gasteiger partial charge in [0.1, 0.15) is 17.5 Å². The number of methoxy groups -OCH3 is 1. The van der Waals surface area contributed by atoms with Crippen molar-refractivity contribution in [1.82, 2.24) is 19.9 Å². The van der Waals surface area contributed by atoms with Crippen LogP contribution in [0.1, 0.15) is 36.3 Å². The van der Waals surface area contributed by atoms with E-state index in [1.165, 1.54) is 19.2 Å². The normalized spacial score (nSPS) is 12.1. The highest BCUT2D eigenvalue weighted by atomic mass is 19.3. The zero-order valence-corrected chi connectivity index (χ0v) is 19.1. The van der Waals surface area contributed by atoms with Gasteiger partial charge < -0.3 is 15.0 Å². The minimum Gasteiger partial charge on any atom is -0.467 e. The van der Waals surface area contributed by atoms with Crippen molar-refractivity contribution in [2.75, 3.05) is 24.4 Å². The van der Waals surface area contributed by atoms with E-state index < -0.39 is 23.8 Å². The van der Waals surface area contributed by atoms with Crippen LogP contribution in [-0.2, 0) is 0 Å². The van der Waals surface area contributed by atoms with Crippen LogP contribution in [0, 0.1) is 12.7 Å². The van der Waals surface area contributed by atoms with Crippen LogP contribution in [0.5, 0.6) is 6.01 Å². The number of hydrogen-bond donors (Lipinski definition) is 1. The van der Waals surface area contributed by atoms with Crippen LogP contribution in [0.15, 0.2) is 48.8 Å². The first-order chi connectivity index (χ1) is 16.3. The maximum atomic E-state index is 14.7. The number of hydrogen-bond acceptors (Lipinski definition) is 7. The molecule has 0 saturated carbocycles. The Balaban J connectivity index is 1.70. The standard InChI is InChI=1S/C24H23F3N6O/c1-13(17-6-5-7-18(21(17)25)22(26)27)30-23-19-10-15(8-9-20(19)31-14(2)32-23)33(3)16-11-28-24(34-4)29-12-16/h5-13,22H,1-4H3,(H,30,31,32)/t13-/m1/s1. The van der Waals surface area contributed by atoms with Crippen LogP contribution in [0.2, 0.25) is 0 Å². The van der Waals surface area contributed by atoms with Crippen molar-refractivity contribution in [3.63, 3.8) is 0 Å². The van der Waals surface area contributed by atoms with Crippen molar-refractivity contribution in [3.8, 4) is 6.01 Å². The molecule has 7 nitrogen and oxygen atoms in total. The van der Waals surface area contributed by atoms with E-state index in [9.17, 15) is 13.2 Å². The molecule has 2 heterocycles. The van der Waals surface area contributed by atoms with Crippen LogP contribution in [-0.4, -0.2) is 34.1 Å². The second kappa shape index (κ2) is 9.50. The number of aromatic nitrogens is 4. The van der Waals surface area contributed by atoms with Gasteiger partial charge in [-0.25, -0.2) is 33.1 Å². The summed E-state index contributed by atoms with van der Waals surface area (Å²) in [5, 5.41) is 3.87. The highest BCUT2D eigenvalue weighted by Gasteiger charge is 2.20. The molecule has 0 aliphatic rings. The van der Waals surface area contributed by atoms with Gasteiger partial charge in [-0.2, -0.15) is 0 Å². The van der Waals surface area contributed by atoms with E-state index in [4.69, 9.17) is 4.74 Å². The summed E-state index contributed by atoms with van der Waals surface area (Å²) >= 11 is 0. The van der Waals surface area contributed by atoms with Gasteiger partial charge in [0.2, 0.25) is 0 Å². The summed E-state index contributed by atoms with van der Waals surface area (Å²) in [5.74, 6) is 0.0688. The molecule has 2 aromatic carbocycles. The zero-order chi connectivity index (χ0) is 24.4. The summed E-state index contributed by atoms with van der Waals surface area (Å²) in [5.41, 5.74) is 1.75. The smallest absolute Gasteiger partial charge is 0.316 e. The fourth-order valence-electron chi connectivity index (χ4n) is 3.64.